The number of allylic oxidation sites excluding steroid dienone is 2. The van der Waals surface area contributed by atoms with Crippen LogP contribution < -0.4 is 20.5 Å². The van der Waals surface area contributed by atoms with Gasteiger partial charge in [-0.25, -0.2) is 4.79 Å². The van der Waals surface area contributed by atoms with Gasteiger partial charge in [0.2, 0.25) is 5.91 Å². The van der Waals surface area contributed by atoms with Crippen LogP contribution in [0.3, 0.4) is 0 Å². The van der Waals surface area contributed by atoms with Crippen molar-refractivity contribution >= 4 is 23.8 Å². The minimum atomic E-state index is -0.937. The number of benzene rings is 1. The molecule has 47 heavy (non-hydrogen) atoms. The summed E-state index contributed by atoms with van der Waals surface area (Å²) in [6.45, 7) is 3.04. The number of ether oxygens (including phenoxy) is 3. The Morgan fingerprint density at radius 1 is 1.19 bits per heavy atom. The minimum absolute atomic E-state index is 0.0516. The number of aliphatic carboxylic acids is 1. The summed E-state index contributed by atoms with van der Waals surface area (Å²) in [6, 6.07) is 3.66. The third kappa shape index (κ3) is 5.90. The Bertz CT molecular complexity index is 1510. The van der Waals surface area contributed by atoms with E-state index in [9.17, 15) is 24.3 Å². The van der Waals surface area contributed by atoms with E-state index in [4.69, 9.17) is 19.9 Å². The number of carbonyl (C=O) groups excluding carboxylic acids is 3. The van der Waals surface area contributed by atoms with Gasteiger partial charge in [0.15, 0.2) is 23.4 Å². The highest BCUT2D eigenvalue weighted by Crippen LogP contribution is 2.62. The fourth-order valence-electron chi connectivity index (χ4n) is 8.45. The van der Waals surface area contributed by atoms with Crippen LogP contribution in [0.1, 0.15) is 63.0 Å². The molecule has 3 heterocycles. The topological polar surface area (TPSA) is 161 Å². The number of hydrogen-bond donors (Lipinski definition) is 3. The maximum absolute atomic E-state index is 14.0. The van der Waals surface area contributed by atoms with Crippen molar-refractivity contribution in [1.82, 2.24) is 15.1 Å². The minimum Gasteiger partial charge on any atom is -0.493 e. The lowest BCUT2D eigenvalue weighted by atomic mass is 9.57. The monoisotopic (exact) mass is 650 g/mol. The van der Waals surface area contributed by atoms with Gasteiger partial charge in [-0.2, -0.15) is 0 Å². The van der Waals surface area contributed by atoms with Gasteiger partial charge in [0.05, 0.1) is 24.5 Å². The number of unbranched alkanes of at least 4 members (excludes halogenated alkanes) is 1. The first-order valence-corrected chi connectivity index (χ1v) is 16.8. The second-order valence-corrected chi connectivity index (χ2v) is 13.6. The van der Waals surface area contributed by atoms with Crippen LogP contribution in [0.15, 0.2) is 35.6 Å². The summed E-state index contributed by atoms with van der Waals surface area (Å²) in [5.74, 6) is -0.734. The van der Waals surface area contributed by atoms with E-state index in [-0.39, 0.29) is 50.1 Å². The Kier molecular flexibility index (Phi) is 9.35. The van der Waals surface area contributed by atoms with E-state index >= 15 is 0 Å². The third-order valence-corrected chi connectivity index (χ3v) is 10.8. The maximum atomic E-state index is 14.0. The number of carbonyl (C=O) groups is 4. The van der Waals surface area contributed by atoms with Crippen molar-refractivity contribution in [2.45, 2.75) is 81.9 Å². The van der Waals surface area contributed by atoms with E-state index in [0.29, 0.717) is 30.2 Å². The molecule has 2 fully saturated rings. The van der Waals surface area contributed by atoms with Crippen molar-refractivity contribution < 1.29 is 38.5 Å². The van der Waals surface area contributed by atoms with E-state index in [1.165, 1.54) is 23.0 Å². The molecule has 6 atom stereocenters. The number of amides is 2. The van der Waals surface area contributed by atoms with Gasteiger partial charge in [0.25, 0.3) is 0 Å². The number of likely N-dealkylation sites (N-methyl/N-ethyl adjacent to an activating group) is 1. The van der Waals surface area contributed by atoms with Crippen LogP contribution in [-0.4, -0.2) is 97.2 Å². The lowest BCUT2D eigenvalue weighted by molar-refractivity contribution is -0.144. The van der Waals surface area contributed by atoms with E-state index in [1.54, 1.807) is 7.11 Å². The summed E-state index contributed by atoms with van der Waals surface area (Å²) in [5, 5.41) is 12.7. The van der Waals surface area contributed by atoms with Gasteiger partial charge in [0, 0.05) is 37.0 Å². The van der Waals surface area contributed by atoms with E-state index in [2.05, 4.69) is 29.4 Å². The molecule has 0 aromatic heterocycles. The van der Waals surface area contributed by atoms with Crippen molar-refractivity contribution in [2.24, 2.45) is 17.6 Å². The lowest BCUT2D eigenvalue weighted by Crippen LogP contribution is -2.59. The number of methoxy groups -OCH3 is 1. The van der Waals surface area contributed by atoms with Crippen molar-refractivity contribution in [1.29, 1.82) is 0 Å². The van der Waals surface area contributed by atoms with Crippen LogP contribution >= 0.6 is 0 Å². The van der Waals surface area contributed by atoms with Gasteiger partial charge in [0.1, 0.15) is 5.78 Å². The smallest absolute Gasteiger partial charge is 0.415 e. The summed E-state index contributed by atoms with van der Waals surface area (Å²) >= 11 is 0. The first-order valence-electron chi connectivity index (χ1n) is 16.8. The molecule has 1 spiro atoms. The Hall–Kier alpha value is -3.90. The highest BCUT2D eigenvalue weighted by molar-refractivity contribution is 5.85. The predicted octanol–water partition coefficient (Wildman–Crippen LogP) is 2.92. The number of nitrogens with two attached hydrogens (primary N) is 1. The molecule has 1 aromatic rings. The molecule has 2 amide bonds. The molecule has 1 aromatic carbocycles. The molecular formula is C35H46N4O8. The summed E-state index contributed by atoms with van der Waals surface area (Å²) in [4.78, 5) is 54.9. The second-order valence-electron chi connectivity index (χ2n) is 13.6. The molecule has 2 aliphatic carbocycles. The van der Waals surface area contributed by atoms with E-state index in [1.807, 2.05) is 12.1 Å². The van der Waals surface area contributed by atoms with Gasteiger partial charge < -0.3 is 40.1 Å². The summed E-state index contributed by atoms with van der Waals surface area (Å²) < 4.78 is 18.6. The molecule has 254 valence electrons. The van der Waals surface area contributed by atoms with Crippen molar-refractivity contribution in [2.75, 3.05) is 40.3 Å². The van der Waals surface area contributed by atoms with Crippen molar-refractivity contribution in [3.63, 3.8) is 0 Å². The van der Waals surface area contributed by atoms with Gasteiger partial charge in [-0.3, -0.25) is 14.5 Å². The first kappa shape index (κ1) is 33.0. The van der Waals surface area contributed by atoms with E-state index < -0.39 is 41.5 Å². The first-order chi connectivity index (χ1) is 22.6. The van der Waals surface area contributed by atoms with E-state index in [0.717, 1.165) is 37.8 Å². The predicted molar refractivity (Wildman–Crippen MR) is 172 cm³/mol. The molecule has 12 heteroatoms. The van der Waals surface area contributed by atoms with Gasteiger partial charge in [-0.1, -0.05) is 18.6 Å². The Labute approximate surface area is 275 Å². The number of carboxylic acid groups (broad SMARTS) is 1. The quantitative estimate of drug-likeness (QED) is 0.287. The summed E-state index contributed by atoms with van der Waals surface area (Å²) in [6.07, 6.45) is 6.95. The Morgan fingerprint density at radius 2 is 2.00 bits per heavy atom. The van der Waals surface area contributed by atoms with Crippen LogP contribution in [0.2, 0.25) is 0 Å². The SMILES string of the molecule is COc1ccc2c3c1OC1C(OC(=O)N4CCC(C(=O)O)CC4CNC(=O)[C@H](CCCCN)CC(C)=O)=CC=C4[C@@H](C2)N(C)CC[C@]431. The second kappa shape index (κ2) is 13.3. The molecule has 3 unspecified atom stereocenters. The number of likely N-dealkylation sites (tertiary alicyclic amines) is 2. The normalized spacial score (nSPS) is 27.9. The molecule has 12 nitrogen and oxygen atoms in total. The molecule has 2 bridgehead atoms. The largest absolute Gasteiger partial charge is 0.493 e. The average molecular weight is 651 g/mol. The number of carboxylic acids is 1. The van der Waals surface area contributed by atoms with Crippen molar-refractivity contribution in [3.8, 4) is 11.5 Å². The van der Waals surface area contributed by atoms with Gasteiger partial charge >= 0.3 is 12.1 Å². The number of rotatable bonds is 12. The summed E-state index contributed by atoms with van der Waals surface area (Å²) in [5.41, 5.74) is 8.73. The molecule has 4 N–H and O–H groups in total. The highest BCUT2D eigenvalue weighted by Gasteiger charge is 2.62. The Balaban J connectivity index is 1.22. The molecular weight excluding hydrogens is 604 g/mol. The van der Waals surface area contributed by atoms with Gasteiger partial charge in [-0.15, -0.1) is 0 Å². The number of piperidine rings is 2. The molecule has 5 aliphatic rings. The standard InChI is InChI=1S/C35H46N4O8/c1-20(40)16-22(6-4-5-13-36)32(41)37-19-24-17-23(33(42)43)11-14-39(24)34(44)46-28-10-8-25-26-18-21-7-9-27(45-3)30-29(21)35(25,31(28)47-30)12-15-38(26)2/h7-10,22-24,26,31H,4-6,11-19,36H2,1-3H3,(H,37,41)(H,42,43)/t22-,23?,24?,26-,31?,35+/m1/s1. The number of ketones is 1. The van der Waals surface area contributed by atoms with Crippen LogP contribution in [0, 0.1) is 11.8 Å². The van der Waals surface area contributed by atoms with Gasteiger partial charge in [-0.05, 0) is 88.9 Å². The van der Waals surface area contributed by atoms with Crippen LogP contribution in [0.4, 0.5) is 4.79 Å². The zero-order valence-electron chi connectivity index (χ0n) is 27.5. The van der Waals surface area contributed by atoms with Crippen LogP contribution in [0.5, 0.6) is 11.5 Å². The van der Waals surface area contributed by atoms with Crippen LogP contribution in [0.25, 0.3) is 0 Å². The molecule has 0 saturated carbocycles. The van der Waals surface area contributed by atoms with Crippen molar-refractivity contribution in [3.05, 3.63) is 46.7 Å². The lowest BCUT2D eigenvalue weighted by Gasteiger charge is -2.52. The Morgan fingerprint density at radius 3 is 2.72 bits per heavy atom. The fourth-order valence-corrected chi connectivity index (χ4v) is 8.45. The molecule has 0 radical (unpaired) electrons. The number of hydrogen-bond acceptors (Lipinski definition) is 9. The zero-order valence-corrected chi connectivity index (χ0v) is 27.5. The van der Waals surface area contributed by atoms with Crippen LogP contribution in [-0.2, 0) is 31.0 Å². The fraction of sp³-hybridized carbons (Fsp3) is 0.600. The molecule has 3 aliphatic heterocycles. The third-order valence-electron chi connectivity index (χ3n) is 10.8. The summed E-state index contributed by atoms with van der Waals surface area (Å²) in [7, 11) is 3.76. The number of nitrogens with one attached hydrogen (secondary N) is 1. The maximum Gasteiger partial charge on any atom is 0.415 e. The zero-order chi connectivity index (χ0) is 33.5. The average Bonchev–Trinajstić information content (AvgIpc) is 3.40. The number of Topliss-reactive ketones (excluding diaryl/α,β-unsaturated/α-hetero) is 1. The number of nitrogens with zero attached hydrogens (tertiary/aromatic N) is 2. The molecule has 6 rings (SSSR count). The molecule has 2 saturated heterocycles. The highest BCUT2D eigenvalue weighted by atomic mass is 16.6.